The highest BCUT2D eigenvalue weighted by Crippen LogP contribution is 2.15. The second-order valence-electron chi connectivity index (χ2n) is 2.08. The highest BCUT2D eigenvalue weighted by atomic mass is 16.5. The third-order valence-corrected chi connectivity index (χ3v) is 1.38. The van der Waals surface area contributed by atoms with Crippen molar-refractivity contribution in [3.63, 3.8) is 0 Å². The minimum Gasteiger partial charge on any atom is -0.465 e. The Morgan fingerprint density at radius 1 is 1.50 bits per heavy atom. The van der Waals surface area contributed by atoms with Crippen molar-refractivity contribution < 1.29 is 9.15 Å². The smallest absolute Gasteiger partial charge is 0.229 e. The van der Waals surface area contributed by atoms with E-state index in [4.69, 9.17) is 9.15 Å². The highest BCUT2D eigenvalue weighted by Gasteiger charge is 2.20. The van der Waals surface area contributed by atoms with Crippen molar-refractivity contribution in [2.45, 2.75) is 0 Å². The Morgan fingerprint density at radius 2 is 2.50 bits per heavy atom. The van der Waals surface area contributed by atoms with Gasteiger partial charge in [-0.2, -0.15) is 0 Å². The molecule has 1 fully saturated rings. The van der Waals surface area contributed by atoms with Gasteiger partial charge in [0.25, 0.3) is 0 Å². The molecule has 0 spiro atoms. The lowest BCUT2D eigenvalue weighted by molar-refractivity contribution is 0.197. The van der Waals surface area contributed by atoms with Crippen LogP contribution >= 0.6 is 0 Å². The summed E-state index contributed by atoms with van der Waals surface area (Å²) in [5.74, 6) is 0.775. The van der Waals surface area contributed by atoms with Gasteiger partial charge in [0.05, 0.1) is 12.9 Å². The third kappa shape index (κ3) is 0.936. The van der Waals surface area contributed by atoms with Crippen molar-refractivity contribution in [1.82, 2.24) is 5.32 Å². The van der Waals surface area contributed by atoms with Gasteiger partial charge in [-0.25, -0.2) is 0 Å². The van der Waals surface area contributed by atoms with Crippen LogP contribution < -0.4 is 5.32 Å². The fraction of sp³-hybridized carbons (Fsp3) is 0.286. The minimum atomic E-state index is 0.732. The van der Waals surface area contributed by atoms with E-state index < -0.39 is 0 Å². The molecule has 2 rings (SSSR count). The van der Waals surface area contributed by atoms with Crippen LogP contribution in [0.5, 0.6) is 0 Å². The lowest BCUT2D eigenvalue weighted by atomic mass is 10.4. The molecule has 0 saturated carbocycles. The molecule has 1 aromatic rings. The Bertz CT molecular complexity index is 189. The Hall–Kier alpha value is -0.800. The minimum absolute atomic E-state index is 0.732. The van der Waals surface area contributed by atoms with E-state index in [1.165, 1.54) is 0 Å². The molecule has 10 heavy (non-hydrogen) atoms. The topological polar surface area (TPSA) is 34.4 Å². The fourth-order valence-corrected chi connectivity index (χ4v) is 0.935. The molecule has 0 amide bonds. The molecular weight excluding hydrogens is 130 g/mol. The van der Waals surface area contributed by atoms with Crippen molar-refractivity contribution in [3.05, 3.63) is 30.4 Å². The van der Waals surface area contributed by atoms with Crippen LogP contribution in [-0.2, 0) is 4.74 Å². The predicted octanol–water partition coefficient (Wildman–Crippen LogP) is 0.737. The van der Waals surface area contributed by atoms with Crippen molar-refractivity contribution >= 4 is 0 Å². The normalized spacial score (nSPS) is 20.0. The summed E-state index contributed by atoms with van der Waals surface area (Å²) in [7, 11) is 0. The molecule has 1 aliphatic heterocycles. The lowest BCUT2D eigenvalue weighted by Gasteiger charge is -2.01. The summed E-state index contributed by atoms with van der Waals surface area (Å²) >= 11 is 0. The Balaban J connectivity index is 2.12. The first kappa shape index (κ1) is 5.95. The summed E-state index contributed by atoms with van der Waals surface area (Å²) in [5, 5.41) is 3.06. The van der Waals surface area contributed by atoms with E-state index >= 15 is 0 Å². The van der Waals surface area contributed by atoms with Crippen LogP contribution in [0.2, 0.25) is 0 Å². The van der Waals surface area contributed by atoms with Gasteiger partial charge in [-0.05, 0) is 12.1 Å². The molecule has 0 aliphatic carbocycles. The van der Waals surface area contributed by atoms with Gasteiger partial charge in [0.1, 0.15) is 0 Å². The van der Waals surface area contributed by atoms with E-state index in [-0.39, 0.29) is 0 Å². The van der Waals surface area contributed by atoms with Crippen LogP contribution in [0, 0.1) is 6.23 Å². The van der Waals surface area contributed by atoms with Gasteiger partial charge < -0.3 is 9.15 Å². The SMILES string of the molecule is c1coc([C]2NCCO2)c1. The summed E-state index contributed by atoms with van der Waals surface area (Å²) in [5.41, 5.74) is 0. The quantitative estimate of drug-likeness (QED) is 0.621. The number of nitrogens with one attached hydrogen (secondary N) is 1. The lowest BCUT2D eigenvalue weighted by Crippen LogP contribution is -2.13. The van der Waals surface area contributed by atoms with Crippen LogP contribution in [0.4, 0.5) is 0 Å². The fourth-order valence-electron chi connectivity index (χ4n) is 0.935. The summed E-state index contributed by atoms with van der Waals surface area (Å²) < 4.78 is 10.3. The molecule has 1 aromatic heterocycles. The van der Waals surface area contributed by atoms with Crippen molar-refractivity contribution in [2.24, 2.45) is 0 Å². The molecule has 0 unspecified atom stereocenters. The standard InChI is InChI=1S/C7H8NO2/c1-2-6(9-4-1)7-8-3-5-10-7/h1-2,4,8H,3,5H2. The van der Waals surface area contributed by atoms with Gasteiger partial charge >= 0.3 is 0 Å². The average molecular weight is 138 g/mol. The summed E-state index contributed by atoms with van der Waals surface area (Å²) in [6.45, 7) is 1.60. The summed E-state index contributed by atoms with van der Waals surface area (Å²) in [6.07, 6.45) is 2.39. The van der Waals surface area contributed by atoms with E-state index in [0.717, 1.165) is 25.1 Å². The van der Waals surface area contributed by atoms with Gasteiger partial charge in [-0.15, -0.1) is 0 Å². The van der Waals surface area contributed by atoms with Crippen LogP contribution in [0.1, 0.15) is 5.76 Å². The highest BCUT2D eigenvalue weighted by molar-refractivity contribution is 5.14. The van der Waals surface area contributed by atoms with E-state index in [1.807, 2.05) is 12.1 Å². The number of furan rings is 1. The first-order valence-electron chi connectivity index (χ1n) is 3.24. The number of hydrogen-bond acceptors (Lipinski definition) is 3. The maximum absolute atomic E-state index is 5.21. The molecule has 1 saturated heterocycles. The molecule has 53 valence electrons. The van der Waals surface area contributed by atoms with Crippen LogP contribution in [0.15, 0.2) is 22.8 Å². The average Bonchev–Trinajstić information content (AvgIpc) is 2.59. The van der Waals surface area contributed by atoms with Gasteiger partial charge in [0, 0.05) is 6.54 Å². The van der Waals surface area contributed by atoms with E-state index in [9.17, 15) is 0 Å². The Kier molecular flexibility index (Phi) is 1.45. The van der Waals surface area contributed by atoms with E-state index in [1.54, 1.807) is 6.26 Å². The van der Waals surface area contributed by atoms with Crippen LogP contribution in [-0.4, -0.2) is 13.2 Å². The zero-order chi connectivity index (χ0) is 6.81. The number of ether oxygens (including phenoxy) is 1. The molecule has 1 radical (unpaired) electrons. The molecule has 3 nitrogen and oxygen atoms in total. The van der Waals surface area contributed by atoms with Crippen molar-refractivity contribution in [1.29, 1.82) is 0 Å². The maximum atomic E-state index is 5.21. The second kappa shape index (κ2) is 2.44. The summed E-state index contributed by atoms with van der Waals surface area (Å²) in [4.78, 5) is 0. The van der Waals surface area contributed by atoms with Gasteiger partial charge in [-0.3, -0.25) is 5.32 Å². The second-order valence-corrected chi connectivity index (χ2v) is 2.08. The first-order valence-corrected chi connectivity index (χ1v) is 3.24. The molecule has 0 atom stereocenters. The molecule has 1 aliphatic rings. The molecule has 0 bridgehead atoms. The molecule has 0 aromatic carbocycles. The molecule has 1 N–H and O–H groups in total. The molecule has 3 heteroatoms. The van der Waals surface area contributed by atoms with E-state index in [0.29, 0.717) is 0 Å². The maximum Gasteiger partial charge on any atom is 0.229 e. The predicted molar refractivity (Wildman–Crippen MR) is 35.0 cm³/mol. The zero-order valence-corrected chi connectivity index (χ0v) is 5.46. The van der Waals surface area contributed by atoms with Crippen LogP contribution in [0.25, 0.3) is 0 Å². The van der Waals surface area contributed by atoms with Gasteiger partial charge in [-0.1, -0.05) is 0 Å². The first-order chi connectivity index (χ1) is 4.97. The summed E-state index contributed by atoms with van der Waals surface area (Å²) in [6, 6.07) is 3.71. The van der Waals surface area contributed by atoms with Gasteiger partial charge in [0.15, 0.2) is 5.76 Å². The largest absolute Gasteiger partial charge is 0.465 e. The van der Waals surface area contributed by atoms with Gasteiger partial charge in [0.2, 0.25) is 6.23 Å². The van der Waals surface area contributed by atoms with Crippen molar-refractivity contribution in [2.75, 3.05) is 13.2 Å². The number of rotatable bonds is 1. The van der Waals surface area contributed by atoms with Crippen LogP contribution in [0.3, 0.4) is 0 Å². The third-order valence-electron chi connectivity index (χ3n) is 1.38. The Morgan fingerprint density at radius 3 is 3.10 bits per heavy atom. The molecular formula is C7H8NO2. The monoisotopic (exact) mass is 138 g/mol. The zero-order valence-electron chi connectivity index (χ0n) is 5.46. The number of hydrogen-bond donors (Lipinski definition) is 1. The van der Waals surface area contributed by atoms with E-state index in [2.05, 4.69) is 5.32 Å². The van der Waals surface area contributed by atoms with Crippen molar-refractivity contribution in [3.8, 4) is 0 Å². The Labute approximate surface area is 59.0 Å². The molecule has 2 heterocycles.